The summed E-state index contributed by atoms with van der Waals surface area (Å²) in [5.74, 6) is 2.16. The Morgan fingerprint density at radius 2 is 0.672 bits per heavy atom. The van der Waals surface area contributed by atoms with Gasteiger partial charge in [-0.15, -0.1) is 0 Å². The standard InChI is InChI=1S/C110H72N6O3/c1-6-25-67(26-7-1)70-47-51-74(52-48-70)107-112-108(116-109(115-107)94-65-93-92-62-80(55-56-98(92)118-103(93)88-41-18-16-39-86(88)94)85-44-24-46-99-101(85)90-43-20-21-45-97(90)117-99)75-53-49-71(50-54-75)76-35-22-36-77(57-76)84-63-91(79-38-23-37-78(58-79)83-60-81(68-27-8-2-9-28-68)59-82(61-83)69-29-10-3-11-30-69)102-96-66-95(87-40-17-19-42-89(87)104(96)119-100(102)64-84)110-113-105(72-31-12-4-13-32-72)111-106(114-110)73-33-14-5-15-34-73/h1-66,105,107,109,115H,(H,112,116)(H,111,113,114). The third-order valence-electron chi connectivity index (χ3n) is 23.8. The lowest BCUT2D eigenvalue weighted by atomic mass is 9.89. The maximum atomic E-state index is 7.42. The van der Waals surface area contributed by atoms with E-state index in [9.17, 15) is 0 Å². The lowest BCUT2D eigenvalue weighted by Crippen LogP contribution is -2.45. The fourth-order valence-corrected chi connectivity index (χ4v) is 18.0. The highest BCUT2D eigenvalue weighted by Gasteiger charge is 2.31. The second kappa shape index (κ2) is 28.8. The topological polar surface area (TPSA) is 113 Å². The molecule has 0 radical (unpaired) electrons. The van der Waals surface area contributed by atoms with Crippen LogP contribution in [0.4, 0.5) is 0 Å². The molecule has 560 valence electrons. The van der Waals surface area contributed by atoms with Gasteiger partial charge in [-0.1, -0.05) is 322 Å². The van der Waals surface area contributed by atoms with Gasteiger partial charge in [0.25, 0.3) is 0 Å². The highest BCUT2D eigenvalue weighted by atomic mass is 16.3. The Kier molecular flexibility index (Phi) is 16.7. The minimum atomic E-state index is -0.417. The largest absolute Gasteiger partial charge is 0.456 e. The molecule has 2 aliphatic heterocycles. The average Bonchev–Trinajstić information content (AvgIpc) is 1.59. The molecule has 0 fully saturated rings. The molecule has 2 aliphatic rings. The zero-order chi connectivity index (χ0) is 78.4. The monoisotopic (exact) mass is 1520 g/mol. The summed E-state index contributed by atoms with van der Waals surface area (Å²) in [4.78, 5) is 16.2. The van der Waals surface area contributed by atoms with Crippen LogP contribution in [0.3, 0.4) is 0 Å². The van der Waals surface area contributed by atoms with Crippen molar-refractivity contribution in [2.75, 3.05) is 0 Å². The minimum absolute atomic E-state index is 0.388. The van der Waals surface area contributed by atoms with E-state index in [1.54, 1.807) is 0 Å². The van der Waals surface area contributed by atoms with Gasteiger partial charge >= 0.3 is 0 Å². The zero-order valence-electron chi connectivity index (χ0n) is 64.4. The molecular formula is C110H72N6O3. The molecule has 9 nitrogen and oxygen atoms in total. The number of fused-ring (bicyclic) bond motifs is 13. The van der Waals surface area contributed by atoms with E-state index in [1.807, 2.05) is 36.4 Å². The molecule has 0 amide bonds. The molecule has 9 heteroatoms. The fourth-order valence-electron chi connectivity index (χ4n) is 18.0. The van der Waals surface area contributed by atoms with Gasteiger partial charge in [0, 0.05) is 59.8 Å². The van der Waals surface area contributed by atoms with Crippen molar-refractivity contribution in [3.05, 3.63) is 434 Å². The number of nitrogens with zero attached hydrogens (tertiary/aromatic N) is 3. The molecule has 18 aromatic carbocycles. The maximum Gasteiger partial charge on any atom is 0.159 e. The van der Waals surface area contributed by atoms with Crippen molar-refractivity contribution >= 4 is 105 Å². The Morgan fingerprint density at radius 3 is 1.37 bits per heavy atom. The van der Waals surface area contributed by atoms with Gasteiger partial charge in [-0.3, -0.25) is 5.32 Å². The SMILES string of the molecule is c1ccc(C2=NC(c3ccccc3)NC(c3cc4c(oc5cc(-c6cccc(-c7ccc(C8=NC(c9ccc(-c%10ccccc%10)cc9)NC(c9cc%10c%11cc(-c%12cccc%13oc%14ccccc%14c%12%13)ccc%11oc%10c%10ccccc9%10)N8)cc7)c6)cc(-c6cccc(-c7cc(-c8ccccc8)cc(-c8ccccc8)c7)c6)c54)c4ccccc34)=N2)cc1. The van der Waals surface area contributed by atoms with Crippen LogP contribution in [-0.2, 0) is 0 Å². The first kappa shape index (κ1) is 69.0. The van der Waals surface area contributed by atoms with Crippen LogP contribution in [0, 0.1) is 0 Å². The Labute approximate surface area is 685 Å². The average molecular weight is 1530 g/mol. The van der Waals surface area contributed by atoms with Gasteiger partial charge in [0.05, 0.1) is 0 Å². The minimum Gasteiger partial charge on any atom is -0.456 e. The first-order valence-corrected chi connectivity index (χ1v) is 40.5. The first-order chi connectivity index (χ1) is 58.9. The number of para-hydroxylation sites is 1. The summed E-state index contributed by atoms with van der Waals surface area (Å²) in [6.07, 6.45) is -1.20. The molecule has 3 aromatic heterocycles. The lowest BCUT2D eigenvalue weighted by molar-refractivity contribution is 0.411. The third kappa shape index (κ3) is 12.4. The van der Waals surface area contributed by atoms with Gasteiger partial charge in [-0.25, -0.2) is 15.0 Å². The molecule has 0 saturated heterocycles. The summed E-state index contributed by atoms with van der Waals surface area (Å²) < 4.78 is 20.7. The Balaban J connectivity index is 0.643. The lowest BCUT2D eigenvalue weighted by Gasteiger charge is -2.33. The smallest absolute Gasteiger partial charge is 0.159 e. The maximum absolute atomic E-state index is 7.42. The summed E-state index contributed by atoms with van der Waals surface area (Å²) in [6.45, 7) is 0. The van der Waals surface area contributed by atoms with Crippen molar-refractivity contribution in [1.82, 2.24) is 16.0 Å². The number of furan rings is 3. The highest BCUT2D eigenvalue weighted by molar-refractivity contribution is 6.27. The van der Waals surface area contributed by atoms with Crippen LogP contribution in [0.15, 0.2) is 429 Å². The summed E-state index contributed by atoms with van der Waals surface area (Å²) >= 11 is 0. The first-order valence-electron chi connectivity index (χ1n) is 40.5. The molecule has 0 aliphatic carbocycles. The Hall–Kier alpha value is -15.6. The van der Waals surface area contributed by atoms with Crippen LogP contribution < -0.4 is 16.0 Å². The van der Waals surface area contributed by atoms with Gasteiger partial charge in [-0.2, -0.15) is 0 Å². The Morgan fingerprint density at radius 1 is 0.218 bits per heavy atom. The van der Waals surface area contributed by atoms with Crippen molar-refractivity contribution in [2.24, 2.45) is 15.0 Å². The normalized spacial score (nSPS) is 14.9. The van der Waals surface area contributed by atoms with E-state index < -0.39 is 12.3 Å². The Bertz CT molecular complexity index is 7620. The fraction of sp³-hybridized carbons (Fsp3) is 0.0273. The van der Waals surface area contributed by atoms with Crippen molar-refractivity contribution in [2.45, 2.75) is 18.5 Å². The molecule has 0 spiro atoms. The van der Waals surface area contributed by atoms with Gasteiger partial charge in [0.1, 0.15) is 63.7 Å². The number of rotatable bonds is 14. The predicted molar refractivity (Wildman–Crippen MR) is 490 cm³/mol. The van der Waals surface area contributed by atoms with Crippen LogP contribution in [0.25, 0.3) is 176 Å². The van der Waals surface area contributed by atoms with Gasteiger partial charge in [-0.05, 0) is 195 Å². The number of hydrogen-bond acceptors (Lipinski definition) is 9. The van der Waals surface area contributed by atoms with E-state index in [1.165, 1.54) is 0 Å². The number of benzene rings is 18. The summed E-state index contributed by atoms with van der Waals surface area (Å²) in [5, 5.41) is 22.1. The summed E-state index contributed by atoms with van der Waals surface area (Å²) in [7, 11) is 0. The van der Waals surface area contributed by atoms with Crippen molar-refractivity contribution in [3.63, 3.8) is 0 Å². The number of nitrogens with one attached hydrogen (secondary N) is 3. The molecule has 3 N–H and O–H groups in total. The second-order valence-corrected chi connectivity index (χ2v) is 30.9. The van der Waals surface area contributed by atoms with Crippen LogP contribution in [-0.4, -0.2) is 17.5 Å². The van der Waals surface area contributed by atoms with E-state index in [0.717, 1.165) is 221 Å². The summed E-state index contributed by atoms with van der Waals surface area (Å²) in [6, 6.07) is 143. The second-order valence-electron chi connectivity index (χ2n) is 30.9. The van der Waals surface area contributed by atoms with Crippen LogP contribution in [0.2, 0.25) is 0 Å². The van der Waals surface area contributed by atoms with Crippen LogP contribution in [0.5, 0.6) is 0 Å². The third-order valence-corrected chi connectivity index (χ3v) is 23.8. The molecule has 5 heterocycles. The number of amidine groups is 3. The van der Waals surface area contributed by atoms with Crippen molar-refractivity contribution in [3.8, 4) is 89.0 Å². The van der Waals surface area contributed by atoms with Gasteiger partial charge in [0.15, 0.2) is 5.84 Å². The van der Waals surface area contributed by atoms with Gasteiger partial charge < -0.3 is 23.9 Å². The summed E-state index contributed by atoms with van der Waals surface area (Å²) in [5.41, 5.74) is 28.6. The molecular weight excluding hydrogens is 1450 g/mol. The van der Waals surface area contributed by atoms with Crippen molar-refractivity contribution < 1.29 is 13.3 Å². The number of aliphatic imine (C=N–C) groups is 3. The molecule has 119 heavy (non-hydrogen) atoms. The highest BCUT2D eigenvalue weighted by Crippen LogP contribution is 2.48. The van der Waals surface area contributed by atoms with Crippen molar-refractivity contribution in [1.29, 1.82) is 0 Å². The van der Waals surface area contributed by atoms with E-state index in [-0.39, 0.29) is 6.17 Å². The van der Waals surface area contributed by atoms with E-state index >= 15 is 0 Å². The molecule has 3 atom stereocenters. The molecule has 21 aromatic rings. The van der Waals surface area contributed by atoms with E-state index in [4.69, 9.17) is 28.2 Å². The van der Waals surface area contributed by atoms with Crippen LogP contribution in [0.1, 0.15) is 51.9 Å². The molecule has 0 bridgehead atoms. The molecule has 0 saturated carbocycles. The van der Waals surface area contributed by atoms with E-state index in [2.05, 4.69) is 380 Å². The molecule has 3 unspecified atom stereocenters. The quantitative estimate of drug-likeness (QED) is 0.1000. The molecule has 23 rings (SSSR count). The van der Waals surface area contributed by atoms with Gasteiger partial charge in [0.2, 0.25) is 0 Å². The van der Waals surface area contributed by atoms with Crippen LogP contribution >= 0.6 is 0 Å². The number of hydrogen-bond donors (Lipinski definition) is 3. The van der Waals surface area contributed by atoms with E-state index in [0.29, 0.717) is 5.84 Å². The predicted octanol–water partition coefficient (Wildman–Crippen LogP) is 27.9. The zero-order valence-corrected chi connectivity index (χ0v) is 64.4.